The number of benzene rings is 1. The molecule has 0 saturated carbocycles. The maximum atomic E-state index is 12.4. The van der Waals surface area contributed by atoms with Crippen LogP contribution in [0.3, 0.4) is 0 Å². The molecule has 1 aliphatic heterocycles. The highest BCUT2D eigenvalue weighted by molar-refractivity contribution is 9.10. The highest BCUT2D eigenvalue weighted by Gasteiger charge is 2.33. The van der Waals surface area contributed by atoms with E-state index in [0.29, 0.717) is 17.1 Å². The van der Waals surface area contributed by atoms with E-state index >= 15 is 0 Å². The van der Waals surface area contributed by atoms with E-state index in [1.165, 1.54) is 7.05 Å². The van der Waals surface area contributed by atoms with E-state index in [1.807, 2.05) is 36.4 Å². The molecule has 0 saturated heterocycles. The van der Waals surface area contributed by atoms with E-state index in [4.69, 9.17) is 4.42 Å². The maximum absolute atomic E-state index is 12.4. The van der Waals surface area contributed by atoms with Crippen LogP contribution in [0.2, 0.25) is 0 Å². The summed E-state index contributed by atoms with van der Waals surface area (Å²) in [6, 6.07) is 13.1. The van der Waals surface area contributed by atoms with Gasteiger partial charge in [0.05, 0.1) is 0 Å². The van der Waals surface area contributed by atoms with Crippen LogP contribution in [0.1, 0.15) is 12.7 Å². The van der Waals surface area contributed by atoms with E-state index < -0.39 is 11.8 Å². The molecule has 0 N–H and O–H groups in total. The number of nitriles is 1. The predicted octanol–water partition coefficient (Wildman–Crippen LogP) is 3.93. The largest absolute Gasteiger partial charge is 0.457 e. The Bertz CT molecular complexity index is 975. The van der Waals surface area contributed by atoms with Crippen molar-refractivity contribution < 1.29 is 14.0 Å². The number of carbonyl (C=O) groups is 2. The first-order chi connectivity index (χ1) is 11.9. The molecule has 0 radical (unpaired) electrons. The Labute approximate surface area is 153 Å². The molecule has 1 aromatic heterocycles. The second kappa shape index (κ2) is 6.54. The number of hydrogen-bond donors (Lipinski definition) is 0. The Morgan fingerprint density at radius 1 is 1.12 bits per heavy atom. The molecule has 0 aliphatic carbocycles. The van der Waals surface area contributed by atoms with Crippen LogP contribution < -0.4 is 0 Å². The Morgan fingerprint density at radius 3 is 2.44 bits per heavy atom. The van der Waals surface area contributed by atoms with Gasteiger partial charge in [-0.25, -0.2) is 0 Å². The second-order valence-electron chi connectivity index (χ2n) is 5.55. The zero-order chi connectivity index (χ0) is 18.1. The van der Waals surface area contributed by atoms with Crippen LogP contribution in [0.25, 0.3) is 17.4 Å². The predicted molar refractivity (Wildman–Crippen MR) is 95.9 cm³/mol. The van der Waals surface area contributed by atoms with Crippen LogP contribution in [0.15, 0.2) is 62.0 Å². The summed E-state index contributed by atoms with van der Waals surface area (Å²) in [5.74, 6) is 0.0927. The van der Waals surface area contributed by atoms with Gasteiger partial charge in [-0.05, 0) is 42.8 Å². The van der Waals surface area contributed by atoms with E-state index in [0.717, 1.165) is 14.9 Å². The molecule has 3 rings (SSSR count). The fraction of sp³-hybridized carbons (Fsp3) is 0.105. The number of halogens is 1. The lowest BCUT2D eigenvalue weighted by molar-refractivity contribution is -0.138. The normalized spacial score (nSPS) is 16.6. The lowest BCUT2D eigenvalue weighted by atomic mass is 9.95. The van der Waals surface area contributed by atoms with Gasteiger partial charge in [0.2, 0.25) is 0 Å². The molecule has 1 aromatic carbocycles. The van der Waals surface area contributed by atoms with Crippen LogP contribution in [0, 0.1) is 11.3 Å². The maximum Gasteiger partial charge on any atom is 0.271 e. The number of imide groups is 1. The summed E-state index contributed by atoms with van der Waals surface area (Å²) < 4.78 is 6.76. The Balaban J connectivity index is 2.02. The van der Waals surface area contributed by atoms with E-state index in [1.54, 1.807) is 19.1 Å². The molecule has 0 fully saturated rings. The van der Waals surface area contributed by atoms with Gasteiger partial charge in [-0.1, -0.05) is 28.1 Å². The van der Waals surface area contributed by atoms with Gasteiger partial charge in [0.1, 0.15) is 23.2 Å². The molecule has 6 heteroatoms. The number of carbonyl (C=O) groups excluding carboxylic acids is 2. The molecule has 124 valence electrons. The van der Waals surface area contributed by atoms with Crippen LogP contribution in [-0.2, 0) is 9.59 Å². The Hall–Kier alpha value is -2.91. The third-order valence-corrected chi connectivity index (χ3v) is 4.52. The molecular weight excluding hydrogens is 384 g/mol. The molecule has 2 heterocycles. The van der Waals surface area contributed by atoms with Crippen LogP contribution in [0.5, 0.6) is 0 Å². The topological polar surface area (TPSA) is 74.3 Å². The van der Waals surface area contributed by atoms with Crippen molar-refractivity contribution in [2.45, 2.75) is 6.92 Å². The summed E-state index contributed by atoms with van der Waals surface area (Å²) in [6.07, 6.45) is 1.56. The van der Waals surface area contributed by atoms with Crippen molar-refractivity contribution in [1.82, 2.24) is 4.90 Å². The number of nitrogens with zero attached hydrogens (tertiary/aromatic N) is 2. The first-order valence-electron chi connectivity index (χ1n) is 7.43. The summed E-state index contributed by atoms with van der Waals surface area (Å²) in [5, 5.41) is 9.17. The lowest BCUT2D eigenvalue weighted by Gasteiger charge is -2.23. The van der Waals surface area contributed by atoms with Crippen LogP contribution >= 0.6 is 15.9 Å². The molecule has 0 spiro atoms. The number of rotatable bonds is 2. The lowest BCUT2D eigenvalue weighted by Crippen LogP contribution is -2.39. The van der Waals surface area contributed by atoms with Crippen LogP contribution in [-0.4, -0.2) is 23.8 Å². The molecule has 0 atom stereocenters. The molecule has 5 nitrogen and oxygen atoms in total. The molecule has 0 bridgehead atoms. The van der Waals surface area contributed by atoms with Crippen molar-refractivity contribution >= 4 is 33.8 Å². The summed E-state index contributed by atoms with van der Waals surface area (Å²) >= 11 is 3.38. The van der Waals surface area contributed by atoms with Crippen molar-refractivity contribution in [3.05, 3.63) is 63.4 Å². The minimum absolute atomic E-state index is 0.0342. The van der Waals surface area contributed by atoms with Gasteiger partial charge in [0, 0.05) is 22.7 Å². The van der Waals surface area contributed by atoms with Crippen molar-refractivity contribution in [3.8, 4) is 17.4 Å². The fourth-order valence-electron chi connectivity index (χ4n) is 2.54. The molecule has 0 unspecified atom stereocenters. The first kappa shape index (κ1) is 16.9. The van der Waals surface area contributed by atoms with Crippen molar-refractivity contribution in [1.29, 1.82) is 5.26 Å². The molecule has 2 aromatic rings. The third kappa shape index (κ3) is 3.06. The monoisotopic (exact) mass is 396 g/mol. The number of amides is 2. The summed E-state index contributed by atoms with van der Waals surface area (Å²) in [6.45, 7) is 1.59. The van der Waals surface area contributed by atoms with Gasteiger partial charge >= 0.3 is 0 Å². The van der Waals surface area contributed by atoms with E-state index in [2.05, 4.69) is 15.9 Å². The van der Waals surface area contributed by atoms with Crippen molar-refractivity contribution in [3.63, 3.8) is 0 Å². The zero-order valence-corrected chi connectivity index (χ0v) is 15.1. The molecule has 1 aliphatic rings. The second-order valence-corrected chi connectivity index (χ2v) is 6.46. The molecule has 25 heavy (non-hydrogen) atoms. The SMILES string of the molecule is CC1=C(C#N)C(=O)N(C)C(=O)/C1=C/c1ccc(-c2ccc(Br)cc2)o1. The van der Waals surface area contributed by atoms with Crippen molar-refractivity contribution in [2.75, 3.05) is 7.05 Å². The third-order valence-electron chi connectivity index (χ3n) is 3.99. The minimum Gasteiger partial charge on any atom is -0.457 e. The highest BCUT2D eigenvalue weighted by atomic mass is 79.9. The van der Waals surface area contributed by atoms with Crippen molar-refractivity contribution in [2.24, 2.45) is 0 Å². The van der Waals surface area contributed by atoms with E-state index in [-0.39, 0.29) is 11.1 Å². The average molecular weight is 397 g/mol. The quantitative estimate of drug-likeness (QED) is 0.569. The van der Waals surface area contributed by atoms with Gasteiger partial charge in [0.15, 0.2) is 0 Å². The smallest absolute Gasteiger partial charge is 0.271 e. The van der Waals surface area contributed by atoms with Gasteiger partial charge in [-0.2, -0.15) is 5.26 Å². The van der Waals surface area contributed by atoms with Gasteiger partial charge < -0.3 is 4.42 Å². The minimum atomic E-state index is -0.586. The van der Waals surface area contributed by atoms with Gasteiger partial charge in [0.25, 0.3) is 11.8 Å². The van der Waals surface area contributed by atoms with Gasteiger partial charge in [-0.15, -0.1) is 0 Å². The fourth-order valence-corrected chi connectivity index (χ4v) is 2.80. The number of furan rings is 1. The summed E-state index contributed by atoms with van der Waals surface area (Å²) in [4.78, 5) is 25.3. The first-order valence-corrected chi connectivity index (χ1v) is 8.23. The summed E-state index contributed by atoms with van der Waals surface area (Å²) in [5.41, 5.74) is 1.50. The number of likely N-dealkylation sites (N-methyl/N-ethyl adjacent to an activating group) is 1. The Morgan fingerprint density at radius 2 is 1.80 bits per heavy atom. The summed E-state index contributed by atoms with van der Waals surface area (Å²) in [7, 11) is 1.36. The number of hydrogen-bond acceptors (Lipinski definition) is 4. The van der Waals surface area contributed by atoms with Gasteiger partial charge in [-0.3, -0.25) is 14.5 Å². The highest BCUT2D eigenvalue weighted by Crippen LogP contribution is 2.29. The molecule has 2 amide bonds. The molecular formula is C19H13BrN2O3. The average Bonchev–Trinajstić information content (AvgIpc) is 3.07. The zero-order valence-electron chi connectivity index (χ0n) is 13.5. The Kier molecular flexibility index (Phi) is 4.43. The van der Waals surface area contributed by atoms with Crippen LogP contribution in [0.4, 0.5) is 0 Å². The standard InChI is InChI=1S/C19H13BrN2O3/c1-11-15(18(23)22(2)19(24)16(11)10-21)9-14-7-8-17(25-14)12-3-5-13(20)6-4-12/h3-9H,1-2H3/b15-9+. The van der Waals surface area contributed by atoms with E-state index in [9.17, 15) is 14.9 Å².